The number of hydrogen-bond acceptors (Lipinski definition) is 5. The normalized spacial score (nSPS) is 22.0. The molecule has 1 aliphatic heterocycles. The van der Waals surface area contributed by atoms with Crippen LogP contribution >= 0.6 is 0 Å². The second-order valence-corrected chi connectivity index (χ2v) is 13.2. The molecule has 0 bridgehead atoms. The van der Waals surface area contributed by atoms with E-state index in [4.69, 9.17) is 14.1 Å². The van der Waals surface area contributed by atoms with E-state index in [1.165, 1.54) is 6.42 Å². The first kappa shape index (κ1) is 21.0. The molecule has 1 amide bonds. The maximum absolute atomic E-state index is 12.3. The summed E-state index contributed by atoms with van der Waals surface area (Å²) in [5, 5.41) is 3.96. The van der Waals surface area contributed by atoms with Gasteiger partial charge in [-0.1, -0.05) is 19.8 Å². The molecule has 1 fully saturated rings. The highest BCUT2D eigenvalue weighted by molar-refractivity contribution is 6.71. The third-order valence-corrected chi connectivity index (χ3v) is 8.55. The number of rotatable bonds is 8. The molecular weight excluding hydrogens is 394 g/mol. The topological polar surface area (TPSA) is 73.3 Å². The molecule has 160 valence electrons. The maximum Gasteiger partial charge on any atom is 0.234 e. The van der Waals surface area contributed by atoms with E-state index < -0.39 is 8.32 Å². The van der Waals surface area contributed by atoms with E-state index in [0.717, 1.165) is 53.2 Å². The number of unbranched alkanes of at least 4 members (excludes halogenated alkanes) is 1. The number of ether oxygens (including phenoxy) is 1. The van der Waals surface area contributed by atoms with Crippen molar-refractivity contribution in [1.29, 1.82) is 0 Å². The zero-order chi connectivity index (χ0) is 21.3. The van der Waals surface area contributed by atoms with E-state index >= 15 is 0 Å². The van der Waals surface area contributed by atoms with Gasteiger partial charge in [0.15, 0.2) is 14.5 Å². The molecule has 7 heteroatoms. The molecule has 2 aliphatic rings. The summed E-state index contributed by atoms with van der Waals surface area (Å²) in [6.45, 7) is 8.67. The lowest BCUT2D eigenvalue weighted by atomic mass is 9.93. The van der Waals surface area contributed by atoms with E-state index in [-0.39, 0.29) is 24.2 Å². The number of hydrogen-bond donors (Lipinski definition) is 1. The first-order valence-corrected chi connectivity index (χ1v) is 14.1. The second kappa shape index (κ2) is 8.47. The van der Waals surface area contributed by atoms with Crippen molar-refractivity contribution < 1.29 is 14.0 Å². The first-order chi connectivity index (χ1) is 14.4. The predicted molar refractivity (Wildman–Crippen MR) is 120 cm³/mol. The summed E-state index contributed by atoms with van der Waals surface area (Å²) >= 11 is 0. The van der Waals surface area contributed by atoms with Gasteiger partial charge in [0.05, 0.1) is 23.5 Å². The molecule has 3 atom stereocenters. The van der Waals surface area contributed by atoms with Crippen molar-refractivity contribution in [2.24, 2.45) is 5.92 Å². The number of allylic oxidation sites excluding steroid dienone is 1. The molecule has 4 rings (SSSR count). The molecule has 0 saturated carbocycles. The third kappa shape index (κ3) is 4.27. The highest BCUT2D eigenvalue weighted by Gasteiger charge is 2.47. The van der Waals surface area contributed by atoms with Crippen LogP contribution in [-0.2, 0) is 20.4 Å². The van der Waals surface area contributed by atoms with E-state index in [0.29, 0.717) is 0 Å². The van der Waals surface area contributed by atoms with Crippen molar-refractivity contribution in [3.8, 4) is 0 Å². The minimum absolute atomic E-state index is 0.00661. The van der Waals surface area contributed by atoms with Crippen molar-refractivity contribution in [3.63, 3.8) is 0 Å². The highest BCUT2D eigenvalue weighted by Crippen LogP contribution is 2.34. The third-order valence-electron chi connectivity index (χ3n) is 5.99. The summed E-state index contributed by atoms with van der Waals surface area (Å²) in [5.74, 6) is 0.515. The molecule has 0 radical (unpaired) electrons. The number of fused-ring (bicyclic) bond motifs is 2. The summed E-state index contributed by atoms with van der Waals surface area (Å²) in [6, 6.07) is 5.18. The van der Waals surface area contributed by atoms with Crippen molar-refractivity contribution in [2.45, 2.75) is 71.0 Å². The van der Waals surface area contributed by atoms with Gasteiger partial charge in [0, 0.05) is 17.1 Å². The quantitative estimate of drug-likeness (QED) is 0.501. The molecular formula is C23H31N3O3Si. The van der Waals surface area contributed by atoms with E-state index in [1.54, 1.807) is 12.4 Å². The number of carbonyl (C=O) groups excluding carboxylic acids is 1. The van der Waals surface area contributed by atoms with Crippen molar-refractivity contribution >= 4 is 30.9 Å². The van der Waals surface area contributed by atoms with Crippen LogP contribution in [0.15, 0.2) is 30.6 Å². The first-order valence-electron chi connectivity index (χ1n) is 11.0. The molecule has 6 nitrogen and oxygen atoms in total. The molecule has 2 aromatic rings. The van der Waals surface area contributed by atoms with Gasteiger partial charge in [0.2, 0.25) is 5.91 Å². The average Bonchev–Trinajstić information content (AvgIpc) is 2.70. The van der Waals surface area contributed by atoms with Crippen LogP contribution < -0.4 is 5.32 Å². The Bertz CT molecular complexity index is 975. The number of pyridine rings is 2. The number of amides is 1. The van der Waals surface area contributed by atoms with E-state index in [9.17, 15) is 4.79 Å². The Balaban J connectivity index is 1.49. The smallest absolute Gasteiger partial charge is 0.234 e. The Morgan fingerprint density at radius 2 is 2.20 bits per heavy atom. The van der Waals surface area contributed by atoms with Gasteiger partial charge in [-0.15, -0.1) is 0 Å². The number of β-lactam (4-membered cyclic amide) rings is 1. The van der Waals surface area contributed by atoms with Crippen LogP contribution in [0.4, 0.5) is 0 Å². The number of carbonyl (C=O) groups is 1. The minimum Gasteiger partial charge on any atom is -0.469 e. The Morgan fingerprint density at radius 1 is 1.37 bits per heavy atom. The average molecular weight is 426 g/mol. The van der Waals surface area contributed by atoms with Crippen LogP contribution in [0.3, 0.4) is 0 Å². The van der Waals surface area contributed by atoms with Gasteiger partial charge in [-0.2, -0.15) is 0 Å². The molecule has 0 aromatic carbocycles. The molecule has 1 N–H and O–H groups in total. The van der Waals surface area contributed by atoms with Crippen molar-refractivity contribution in [1.82, 2.24) is 15.3 Å². The maximum atomic E-state index is 12.3. The fourth-order valence-corrected chi connectivity index (χ4v) is 6.80. The number of aryl methyl sites for hydroxylation is 1. The SMILES string of the molecule is CCCC[Si](C)(C)O[C@H](C)[C@H]1C(=O)N[C@@H]1OC1=CCCc2nc3cnccc3cc21. The Kier molecular flexibility index (Phi) is 5.93. The van der Waals surface area contributed by atoms with E-state index in [2.05, 4.69) is 42.5 Å². The van der Waals surface area contributed by atoms with Gasteiger partial charge in [0.1, 0.15) is 11.7 Å². The lowest BCUT2D eigenvalue weighted by Gasteiger charge is -2.42. The number of nitrogens with zero attached hydrogens (tertiary/aromatic N) is 2. The summed E-state index contributed by atoms with van der Waals surface area (Å²) in [7, 11) is -1.80. The highest BCUT2D eigenvalue weighted by atomic mass is 28.4. The molecule has 1 saturated heterocycles. The summed E-state index contributed by atoms with van der Waals surface area (Å²) in [5.41, 5.74) is 2.92. The molecule has 3 heterocycles. The van der Waals surface area contributed by atoms with Gasteiger partial charge in [-0.05, 0) is 57.1 Å². The molecule has 2 aromatic heterocycles. The molecule has 30 heavy (non-hydrogen) atoms. The van der Waals surface area contributed by atoms with Gasteiger partial charge in [-0.25, -0.2) is 0 Å². The van der Waals surface area contributed by atoms with Crippen LogP contribution in [0.25, 0.3) is 16.7 Å². The van der Waals surface area contributed by atoms with Gasteiger partial charge in [-0.3, -0.25) is 14.8 Å². The Hall–Kier alpha value is -2.25. The molecule has 1 aliphatic carbocycles. The zero-order valence-electron chi connectivity index (χ0n) is 18.3. The van der Waals surface area contributed by atoms with Gasteiger partial charge >= 0.3 is 0 Å². The lowest BCUT2D eigenvalue weighted by molar-refractivity contribution is -0.153. The van der Waals surface area contributed by atoms with Crippen molar-refractivity contribution in [2.75, 3.05) is 0 Å². The summed E-state index contributed by atoms with van der Waals surface area (Å²) in [6.07, 6.45) is 9.22. The molecule has 0 unspecified atom stereocenters. The van der Waals surface area contributed by atoms with Gasteiger partial charge < -0.3 is 14.5 Å². The zero-order valence-corrected chi connectivity index (χ0v) is 19.3. The monoisotopic (exact) mass is 425 g/mol. The van der Waals surface area contributed by atoms with Gasteiger partial charge in [0.25, 0.3) is 0 Å². The van der Waals surface area contributed by atoms with Crippen LogP contribution in [0.2, 0.25) is 19.1 Å². The van der Waals surface area contributed by atoms with Crippen LogP contribution in [0.5, 0.6) is 0 Å². The van der Waals surface area contributed by atoms with Crippen LogP contribution in [0.1, 0.15) is 44.4 Å². The number of aromatic nitrogens is 2. The Morgan fingerprint density at radius 3 is 2.97 bits per heavy atom. The fourth-order valence-electron chi connectivity index (χ4n) is 4.33. The molecule has 0 spiro atoms. The largest absolute Gasteiger partial charge is 0.469 e. The number of nitrogens with one attached hydrogen (secondary N) is 1. The van der Waals surface area contributed by atoms with E-state index in [1.807, 2.05) is 13.0 Å². The minimum atomic E-state index is -1.80. The van der Waals surface area contributed by atoms with Crippen LogP contribution in [0, 0.1) is 5.92 Å². The lowest BCUT2D eigenvalue weighted by Crippen LogP contribution is -2.64. The van der Waals surface area contributed by atoms with Crippen LogP contribution in [-0.4, -0.2) is 36.5 Å². The summed E-state index contributed by atoms with van der Waals surface area (Å²) < 4.78 is 12.7. The fraction of sp³-hybridized carbons (Fsp3) is 0.522. The summed E-state index contributed by atoms with van der Waals surface area (Å²) in [4.78, 5) is 21.3. The van der Waals surface area contributed by atoms with Crippen molar-refractivity contribution in [3.05, 3.63) is 41.9 Å². The second-order valence-electron chi connectivity index (χ2n) is 8.92. The Labute approximate surface area is 179 Å². The predicted octanol–water partition coefficient (Wildman–Crippen LogP) is 4.42. The standard InChI is InChI=1S/C23H31N3O3Si/c1-5-6-12-30(3,4)29-15(2)21-22(27)26-23(21)28-20-9-7-8-18-17(20)13-16-10-11-24-14-19(16)25-18/h9-11,13-15,21,23H,5-8,12H2,1-4H3,(H,26,27)/t15-,21+,23-/m1/s1.